The first-order valence-corrected chi connectivity index (χ1v) is 7.43. The number of hydrogen-bond donors (Lipinski definition) is 0. The molecule has 5 nitrogen and oxygen atoms in total. The molecule has 0 N–H and O–H groups in total. The standard InChI is InChI=1S/C18H15N3O2/c1-11-3-5-13(6-4-11)9-17-20-18(21-23-17)14-7-8-16-15(10-14)19-12(2)22-16/h3-8,10H,9H2,1-2H3. The molecule has 0 radical (unpaired) electrons. The van der Waals surface area contributed by atoms with E-state index in [1.54, 1.807) is 0 Å². The number of hydrogen-bond acceptors (Lipinski definition) is 5. The Morgan fingerprint density at radius 2 is 1.78 bits per heavy atom. The van der Waals surface area contributed by atoms with Crippen molar-refractivity contribution in [1.82, 2.24) is 15.1 Å². The predicted molar refractivity (Wildman–Crippen MR) is 86.0 cm³/mol. The number of rotatable bonds is 3. The van der Waals surface area contributed by atoms with Crippen LogP contribution in [0.5, 0.6) is 0 Å². The van der Waals surface area contributed by atoms with Gasteiger partial charge >= 0.3 is 0 Å². The third-order valence-corrected chi connectivity index (χ3v) is 3.70. The molecule has 0 spiro atoms. The maximum Gasteiger partial charge on any atom is 0.231 e. The van der Waals surface area contributed by atoms with Gasteiger partial charge in [-0.3, -0.25) is 0 Å². The topological polar surface area (TPSA) is 65.0 Å². The van der Waals surface area contributed by atoms with Gasteiger partial charge in [0.2, 0.25) is 11.7 Å². The van der Waals surface area contributed by atoms with Crippen LogP contribution in [0.2, 0.25) is 0 Å². The fourth-order valence-corrected chi connectivity index (χ4v) is 2.51. The third kappa shape index (κ3) is 2.73. The van der Waals surface area contributed by atoms with Gasteiger partial charge in [-0.25, -0.2) is 4.98 Å². The first-order valence-electron chi connectivity index (χ1n) is 7.43. The van der Waals surface area contributed by atoms with Gasteiger partial charge < -0.3 is 8.94 Å². The van der Waals surface area contributed by atoms with E-state index >= 15 is 0 Å². The van der Waals surface area contributed by atoms with E-state index in [0.717, 1.165) is 22.2 Å². The lowest BCUT2D eigenvalue weighted by atomic mass is 10.1. The maximum atomic E-state index is 5.48. The molecule has 4 aromatic rings. The van der Waals surface area contributed by atoms with Gasteiger partial charge in [-0.05, 0) is 30.7 Å². The highest BCUT2D eigenvalue weighted by Gasteiger charge is 2.11. The fourth-order valence-electron chi connectivity index (χ4n) is 2.51. The zero-order chi connectivity index (χ0) is 15.8. The molecule has 114 valence electrons. The van der Waals surface area contributed by atoms with E-state index in [2.05, 4.69) is 46.3 Å². The van der Waals surface area contributed by atoms with Crippen molar-refractivity contribution >= 4 is 11.1 Å². The van der Waals surface area contributed by atoms with Crippen molar-refractivity contribution in [2.24, 2.45) is 0 Å². The summed E-state index contributed by atoms with van der Waals surface area (Å²) in [6.45, 7) is 3.89. The van der Waals surface area contributed by atoms with Crippen molar-refractivity contribution in [3.63, 3.8) is 0 Å². The fraction of sp³-hybridized carbons (Fsp3) is 0.167. The lowest BCUT2D eigenvalue weighted by molar-refractivity contribution is 0.385. The number of aromatic nitrogens is 3. The Morgan fingerprint density at radius 1 is 0.957 bits per heavy atom. The summed E-state index contributed by atoms with van der Waals surface area (Å²) in [5.74, 6) is 1.81. The molecule has 0 saturated heterocycles. The zero-order valence-corrected chi connectivity index (χ0v) is 12.9. The lowest BCUT2D eigenvalue weighted by Gasteiger charge is -1.97. The number of benzene rings is 2. The van der Waals surface area contributed by atoms with Gasteiger partial charge in [0.15, 0.2) is 11.5 Å². The third-order valence-electron chi connectivity index (χ3n) is 3.70. The minimum absolute atomic E-state index is 0.565. The van der Waals surface area contributed by atoms with Gasteiger partial charge in [0.1, 0.15) is 5.52 Å². The quantitative estimate of drug-likeness (QED) is 0.570. The van der Waals surface area contributed by atoms with Crippen molar-refractivity contribution < 1.29 is 8.94 Å². The van der Waals surface area contributed by atoms with Crippen LogP contribution in [0.4, 0.5) is 0 Å². The molecular formula is C18H15N3O2. The second-order valence-electron chi connectivity index (χ2n) is 5.59. The average molecular weight is 305 g/mol. The second kappa shape index (κ2) is 5.35. The molecule has 0 aliphatic heterocycles. The Hall–Kier alpha value is -2.95. The molecule has 2 aromatic carbocycles. The molecule has 0 aliphatic rings. The van der Waals surface area contributed by atoms with Crippen molar-refractivity contribution in [3.05, 3.63) is 65.4 Å². The molecule has 0 atom stereocenters. The highest BCUT2D eigenvalue weighted by Crippen LogP contribution is 2.23. The van der Waals surface area contributed by atoms with Crippen LogP contribution in [0.3, 0.4) is 0 Å². The summed E-state index contributed by atoms with van der Waals surface area (Å²) in [7, 11) is 0. The van der Waals surface area contributed by atoms with E-state index in [4.69, 9.17) is 8.94 Å². The van der Waals surface area contributed by atoms with Crippen molar-refractivity contribution in [2.45, 2.75) is 20.3 Å². The number of nitrogens with zero attached hydrogens (tertiary/aromatic N) is 3. The first-order chi connectivity index (χ1) is 11.2. The van der Waals surface area contributed by atoms with Crippen LogP contribution in [0.25, 0.3) is 22.5 Å². The Morgan fingerprint density at radius 3 is 2.61 bits per heavy atom. The van der Waals surface area contributed by atoms with Crippen LogP contribution in [0.15, 0.2) is 51.4 Å². The number of oxazole rings is 1. The molecule has 2 heterocycles. The Balaban J connectivity index is 1.61. The summed E-state index contributed by atoms with van der Waals surface area (Å²) in [5, 5.41) is 4.07. The summed E-state index contributed by atoms with van der Waals surface area (Å²) < 4.78 is 10.8. The highest BCUT2D eigenvalue weighted by atomic mass is 16.5. The second-order valence-corrected chi connectivity index (χ2v) is 5.59. The molecule has 23 heavy (non-hydrogen) atoms. The highest BCUT2D eigenvalue weighted by molar-refractivity contribution is 5.78. The molecule has 0 fully saturated rings. The van der Waals surface area contributed by atoms with Gasteiger partial charge in [-0.15, -0.1) is 0 Å². The van der Waals surface area contributed by atoms with Gasteiger partial charge in [0.25, 0.3) is 0 Å². The molecular weight excluding hydrogens is 290 g/mol. The van der Waals surface area contributed by atoms with E-state index in [-0.39, 0.29) is 0 Å². The number of aryl methyl sites for hydroxylation is 2. The van der Waals surface area contributed by atoms with E-state index < -0.39 is 0 Å². The molecule has 0 unspecified atom stereocenters. The monoisotopic (exact) mass is 305 g/mol. The molecule has 0 saturated carbocycles. The Labute approximate surface area is 133 Å². The largest absolute Gasteiger partial charge is 0.441 e. The normalized spacial score (nSPS) is 11.2. The van der Waals surface area contributed by atoms with E-state index in [0.29, 0.717) is 24.0 Å². The summed E-state index contributed by atoms with van der Waals surface area (Å²) in [6, 6.07) is 14.0. The summed E-state index contributed by atoms with van der Waals surface area (Å²) in [6.07, 6.45) is 0.624. The zero-order valence-electron chi connectivity index (χ0n) is 12.9. The number of fused-ring (bicyclic) bond motifs is 1. The van der Waals surface area contributed by atoms with Gasteiger partial charge in [0.05, 0.1) is 6.42 Å². The molecule has 0 bridgehead atoms. The Kier molecular flexibility index (Phi) is 3.19. The molecule has 5 heteroatoms. The van der Waals surface area contributed by atoms with Crippen LogP contribution < -0.4 is 0 Å². The van der Waals surface area contributed by atoms with E-state index in [9.17, 15) is 0 Å². The smallest absolute Gasteiger partial charge is 0.231 e. The van der Waals surface area contributed by atoms with Crippen LogP contribution in [-0.2, 0) is 6.42 Å². The van der Waals surface area contributed by atoms with Crippen molar-refractivity contribution in [3.8, 4) is 11.4 Å². The van der Waals surface area contributed by atoms with Crippen LogP contribution >= 0.6 is 0 Å². The minimum atomic E-state index is 0.565. The van der Waals surface area contributed by atoms with Crippen LogP contribution in [0, 0.1) is 13.8 Å². The van der Waals surface area contributed by atoms with E-state index in [1.807, 2.05) is 25.1 Å². The molecule has 0 amide bonds. The SMILES string of the molecule is Cc1ccc(Cc2nc(-c3ccc4oc(C)nc4c3)no2)cc1. The van der Waals surface area contributed by atoms with Crippen LogP contribution in [0.1, 0.15) is 22.9 Å². The molecule has 4 rings (SSSR count). The Bertz CT molecular complexity index is 968. The van der Waals surface area contributed by atoms with Gasteiger partial charge in [-0.1, -0.05) is 35.0 Å². The molecule has 0 aliphatic carbocycles. The van der Waals surface area contributed by atoms with Crippen molar-refractivity contribution in [1.29, 1.82) is 0 Å². The summed E-state index contributed by atoms with van der Waals surface area (Å²) in [4.78, 5) is 8.80. The average Bonchev–Trinajstić information content (AvgIpc) is 3.14. The summed E-state index contributed by atoms with van der Waals surface area (Å²) in [5.41, 5.74) is 4.80. The predicted octanol–water partition coefficient (Wildman–Crippen LogP) is 4.09. The van der Waals surface area contributed by atoms with Crippen LogP contribution in [-0.4, -0.2) is 15.1 Å². The van der Waals surface area contributed by atoms with E-state index in [1.165, 1.54) is 5.56 Å². The van der Waals surface area contributed by atoms with Gasteiger partial charge in [0, 0.05) is 12.5 Å². The maximum absolute atomic E-state index is 5.48. The lowest BCUT2D eigenvalue weighted by Crippen LogP contribution is -1.88. The van der Waals surface area contributed by atoms with Crippen molar-refractivity contribution in [2.75, 3.05) is 0 Å². The first kappa shape index (κ1) is 13.7. The minimum Gasteiger partial charge on any atom is -0.441 e. The summed E-state index contributed by atoms with van der Waals surface area (Å²) >= 11 is 0. The van der Waals surface area contributed by atoms with Gasteiger partial charge in [-0.2, -0.15) is 4.98 Å². The molecule has 2 aromatic heterocycles.